The van der Waals surface area contributed by atoms with E-state index >= 15 is 0 Å². The van der Waals surface area contributed by atoms with Crippen molar-refractivity contribution in [1.82, 2.24) is 9.97 Å². The van der Waals surface area contributed by atoms with E-state index in [2.05, 4.69) is 20.7 Å². The molecular formula is C11H19N5. The number of nitrogens with zero attached hydrogens (tertiary/aromatic N) is 2. The van der Waals surface area contributed by atoms with Gasteiger partial charge in [0, 0.05) is 18.3 Å². The summed E-state index contributed by atoms with van der Waals surface area (Å²) in [7, 11) is 0. The van der Waals surface area contributed by atoms with Gasteiger partial charge in [0.2, 0.25) is 5.95 Å². The van der Waals surface area contributed by atoms with Crippen LogP contribution in [-0.2, 0) is 0 Å². The average molecular weight is 221 g/mol. The zero-order valence-electron chi connectivity index (χ0n) is 9.66. The number of nitrogen functional groups attached to an aromatic ring is 1. The van der Waals surface area contributed by atoms with Gasteiger partial charge in [-0.3, -0.25) is 5.43 Å². The SMILES string of the molecule is Cc1cnc(NN)nc1NCCCC1CC1. The maximum atomic E-state index is 5.27. The van der Waals surface area contributed by atoms with Crippen molar-refractivity contribution in [2.75, 3.05) is 17.3 Å². The van der Waals surface area contributed by atoms with Gasteiger partial charge in [-0.15, -0.1) is 0 Å². The summed E-state index contributed by atoms with van der Waals surface area (Å²) in [6, 6.07) is 0. The van der Waals surface area contributed by atoms with E-state index in [1.807, 2.05) is 6.92 Å². The second-order valence-electron chi connectivity index (χ2n) is 4.38. The molecule has 88 valence electrons. The van der Waals surface area contributed by atoms with Crippen LogP contribution in [0.1, 0.15) is 31.2 Å². The van der Waals surface area contributed by atoms with Gasteiger partial charge in [-0.25, -0.2) is 10.8 Å². The molecule has 0 bridgehead atoms. The van der Waals surface area contributed by atoms with Crippen LogP contribution in [0.3, 0.4) is 0 Å². The van der Waals surface area contributed by atoms with Gasteiger partial charge in [0.25, 0.3) is 0 Å². The van der Waals surface area contributed by atoms with Crippen molar-refractivity contribution in [3.05, 3.63) is 11.8 Å². The van der Waals surface area contributed by atoms with E-state index in [1.165, 1.54) is 25.7 Å². The highest BCUT2D eigenvalue weighted by atomic mass is 15.3. The van der Waals surface area contributed by atoms with E-state index in [0.717, 1.165) is 23.8 Å². The quantitative estimate of drug-likeness (QED) is 0.387. The molecule has 0 aromatic carbocycles. The van der Waals surface area contributed by atoms with Gasteiger partial charge < -0.3 is 5.32 Å². The Hall–Kier alpha value is -1.36. The van der Waals surface area contributed by atoms with Crippen molar-refractivity contribution >= 4 is 11.8 Å². The molecule has 1 aromatic heterocycles. The minimum absolute atomic E-state index is 0.454. The van der Waals surface area contributed by atoms with Gasteiger partial charge in [0.15, 0.2) is 0 Å². The van der Waals surface area contributed by atoms with Crippen LogP contribution < -0.4 is 16.6 Å². The van der Waals surface area contributed by atoms with Crippen LogP contribution in [0.25, 0.3) is 0 Å². The highest BCUT2D eigenvalue weighted by molar-refractivity contribution is 5.45. The lowest BCUT2D eigenvalue weighted by molar-refractivity contribution is 0.686. The molecule has 0 atom stereocenters. The van der Waals surface area contributed by atoms with Crippen LogP contribution in [0.5, 0.6) is 0 Å². The van der Waals surface area contributed by atoms with Crippen molar-refractivity contribution < 1.29 is 0 Å². The van der Waals surface area contributed by atoms with Gasteiger partial charge in [0.05, 0.1) is 0 Å². The number of aryl methyl sites for hydroxylation is 1. The number of hydrogen-bond donors (Lipinski definition) is 3. The first-order valence-electron chi connectivity index (χ1n) is 5.83. The lowest BCUT2D eigenvalue weighted by Gasteiger charge is -2.09. The summed E-state index contributed by atoms with van der Waals surface area (Å²) >= 11 is 0. The first-order valence-corrected chi connectivity index (χ1v) is 5.83. The molecule has 0 amide bonds. The van der Waals surface area contributed by atoms with E-state index in [1.54, 1.807) is 6.20 Å². The Morgan fingerprint density at radius 1 is 1.50 bits per heavy atom. The maximum absolute atomic E-state index is 5.27. The molecule has 0 spiro atoms. The molecule has 0 unspecified atom stereocenters. The number of hydrogen-bond acceptors (Lipinski definition) is 5. The highest BCUT2D eigenvalue weighted by Crippen LogP contribution is 2.33. The number of nitrogens with two attached hydrogens (primary N) is 1. The molecular weight excluding hydrogens is 202 g/mol. The number of rotatable bonds is 6. The number of nitrogens with one attached hydrogen (secondary N) is 2. The molecule has 4 N–H and O–H groups in total. The van der Waals surface area contributed by atoms with Gasteiger partial charge in [-0.05, 0) is 25.7 Å². The molecule has 1 heterocycles. The van der Waals surface area contributed by atoms with Crippen molar-refractivity contribution in [2.24, 2.45) is 11.8 Å². The second-order valence-corrected chi connectivity index (χ2v) is 4.38. The van der Waals surface area contributed by atoms with Crippen LogP contribution >= 0.6 is 0 Å². The number of hydrazine groups is 1. The predicted molar refractivity (Wildman–Crippen MR) is 65.0 cm³/mol. The summed E-state index contributed by atoms with van der Waals surface area (Å²) in [6.07, 6.45) is 7.16. The summed E-state index contributed by atoms with van der Waals surface area (Å²) in [6.45, 7) is 2.96. The summed E-state index contributed by atoms with van der Waals surface area (Å²) in [4.78, 5) is 8.30. The van der Waals surface area contributed by atoms with Crippen molar-refractivity contribution in [3.8, 4) is 0 Å². The summed E-state index contributed by atoms with van der Waals surface area (Å²) in [5.41, 5.74) is 3.50. The Balaban J connectivity index is 1.81. The third-order valence-corrected chi connectivity index (χ3v) is 2.88. The molecule has 1 fully saturated rings. The fourth-order valence-electron chi connectivity index (χ4n) is 1.69. The van der Waals surface area contributed by atoms with Gasteiger partial charge >= 0.3 is 0 Å². The van der Waals surface area contributed by atoms with Gasteiger partial charge in [-0.1, -0.05) is 12.8 Å². The van der Waals surface area contributed by atoms with Crippen molar-refractivity contribution in [2.45, 2.75) is 32.6 Å². The third kappa shape index (κ3) is 3.06. The van der Waals surface area contributed by atoms with Crippen molar-refractivity contribution in [3.63, 3.8) is 0 Å². The van der Waals surface area contributed by atoms with E-state index in [9.17, 15) is 0 Å². The van der Waals surface area contributed by atoms with Crippen molar-refractivity contribution in [1.29, 1.82) is 0 Å². The first-order chi connectivity index (χ1) is 7.79. The molecule has 0 radical (unpaired) electrons. The van der Waals surface area contributed by atoms with E-state index < -0.39 is 0 Å². The zero-order valence-corrected chi connectivity index (χ0v) is 9.66. The van der Waals surface area contributed by atoms with Crippen LogP contribution in [0.4, 0.5) is 11.8 Å². The standard InChI is InChI=1S/C11H19N5/c1-8-7-14-11(16-12)15-10(8)13-6-2-3-9-4-5-9/h7,9H,2-6,12H2,1H3,(H2,13,14,15,16). The molecule has 1 aliphatic rings. The van der Waals surface area contributed by atoms with Crippen LogP contribution in [-0.4, -0.2) is 16.5 Å². The molecule has 1 saturated carbocycles. The molecule has 5 heteroatoms. The monoisotopic (exact) mass is 221 g/mol. The molecule has 0 aliphatic heterocycles. The topological polar surface area (TPSA) is 75.9 Å². The average Bonchev–Trinajstić information content (AvgIpc) is 3.10. The summed E-state index contributed by atoms with van der Waals surface area (Å²) in [5, 5.41) is 3.32. The molecule has 5 nitrogen and oxygen atoms in total. The zero-order chi connectivity index (χ0) is 11.4. The number of anilines is 2. The fourth-order valence-corrected chi connectivity index (χ4v) is 1.69. The maximum Gasteiger partial charge on any atom is 0.239 e. The summed E-state index contributed by atoms with van der Waals surface area (Å²) < 4.78 is 0. The Labute approximate surface area is 95.8 Å². The Morgan fingerprint density at radius 2 is 2.31 bits per heavy atom. The molecule has 0 saturated heterocycles. The smallest absolute Gasteiger partial charge is 0.239 e. The second kappa shape index (κ2) is 5.12. The minimum atomic E-state index is 0.454. The highest BCUT2D eigenvalue weighted by Gasteiger charge is 2.19. The normalized spacial score (nSPS) is 14.9. The Morgan fingerprint density at radius 3 is 3.00 bits per heavy atom. The van der Waals surface area contributed by atoms with Crippen LogP contribution in [0, 0.1) is 12.8 Å². The minimum Gasteiger partial charge on any atom is -0.370 e. The van der Waals surface area contributed by atoms with Crippen LogP contribution in [0.15, 0.2) is 6.20 Å². The number of aromatic nitrogens is 2. The molecule has 2 rings (SSSR count). The first kappa shape index (κ1) is 11.1. The van der Waals surface area contributed by atoms with E-state index in [4.69, 9.17) is 5.84 Å². The van der Waals surface area contributed by atoms with Crippen LogP contribution in [0.2, 0.25) is 0 Å². The Bertz CT molecular complexity index is 348. The Kier molecular flexibility index (Phi) is 3.56. The van der Waals surface area contributed by atoms with E-state index in [-0.39, 0.29) is 0 Å². The molecule has 1 aromatic rings. The predicted octanol–water partition coefficient (Wildman–Crippen LogP) is 1.67. The van der Waals surface area contributed by atoms with Gasteiger partial charge in [-0.2, -0.15) is 4.98 Å². The summed E-state index contributed by atoms with van der Waals surface area (Å²) in [5.74, 6) is 7.59. The third-order valence-electron chi connectivity index (χ3n) is 2.88. The lowest BCUT2D eigenvalue weighted by Crippen LogP contribution is -2.13. The largest absolute Gasteiger partial charge is 0.370 e. The van der Waals surface area contributed by atoms with Gasteiger partial charge in [0.1, 0.15) is 5.82 Å². The fraction of sp³-hybridized carbons (Fsp3) is 0.636. The molecule has 1 aliphatic carbocycles. The van der Waals surface area contributed by atoms with E-state index in [0.29, 0.717) is 5.95 Å². The molecule has 16 heavy (non-hydrogen) atoms. The lowest BCUT2D eigenvalue weighted by atomic mass is 10.2.